The molecule has 0 aromatic heterocycles. The minimum absolute atomic E-state index is 0.00588. The molecule has 7 nitrogen and oxygen atoms in total. The summed E-state index contributed by atoms with van der Waals surface area (Å²) < 4.78 is 28.3. The molecule has 1 atom stereocenters. The van der Waals surface area contributed by atoms with E-state index >= 15 is 0 Å². The van der Waals surface area contributed by atoms with Crippen LogP contribution in [0.2, 0.25) is 0 Å². The zero-order valence-electron chi connectivity index (χ0n) is 16.9. The molecule has 0 fully saturated rings. The molecule has 158 valence electrons. The molecule has 0 spiro atoms. The summed E-state index contributed by atoms with van der Waals surface area (Å²) in [5.41, 5.74) is -0.988. The molecular weight excluding hydrogens is 392 g/mol. The maximum atomic E-state index is 13.6. The molecule has 0 aliphatic heterocycles. The molecule has 0 heterocycles. The highest BCUT2D eigenvalue weighted by Gasteiger charge is 2.49. The molecule has 0 saturated carbocycles. The first kappa shape index (κ1) is 22.9. The Hall–Kier alpha value is -2.42. The van der Waals surface area contributed by atoms with E-state index in [2.05, 4.69) is 0 Å². The third-order valence-corrected chi connectivity index (χ3v) is 6.74. The van der Waals surface area contributed by atoms with Crippen molar-refractivity contribution in [2.75, 3.05) is 6.54 Å². The van der Waals surface area contributed by atoms with Crippen LogP contribution in [0.3, 0.4) is 0 Å². The SMILES string of the molecule is CCC(Cc1ccccc1)(N(O)C(=O)O)N(CC(C)C)S(=O)(=O)c1ccccc1. The minimum atomic E-state index is -4.10. The Labute approximate surface area is 172 Å². The van der Waals surface area contributed by atoms with E-state index in [1.54, 1.807) is 49.4 Å². The van der Waals surface area contributed by atoms with E-state index < -0.39 is 21.8 Å². The topological polar surface area (TPSA) is 98.1 Å². The lowest BCUT2D eigenvalue weighted by Crippen LogP contribution is -2.64. The summed E-state index contributed by atoms with van der Waals surface area (Å²) in [7, 11) is -4.10. The Kier molecular flexibility index (Phi) is 7.40. The maximum absolute atomic E-state index is 13.6. The van der Waals surface area contributed by atoms with Gasteiger partial charge in [0.2, 0.25) is 10.0 Å². The van der Waals surface area contributed by atoms with E-state index in [4.69, 9.17) is 0 Å². The number of sulfonamides is 1. The van der Waals surface area contributed by atoms with Crippen molar-refractivity contribution in [3.63, 3.8) is 0 Å². The van der Waals surface area contributed by atoms with Crippen molar-refractivity contribution in [1.82, 2.24) is 9.37 Å². The van der Waals surface area contributed by atoms with Crippen LogP contribution in [0, 0.1) is 5.92 Å². The molecule has 2 rings (SSSR count). The molecule has 8 heteroatoms. The normalized spacial score (nSPS) is 14.0. The van der Waals surface area contributed by atoms with Gasteiger partial charge in [0.15, 0.2) is 0 Å². The van der Waals surface area contributed by atoms with E-state index in [0.29, 0.717) is 5.56 Å². The number of hydroxylamine groups is 2. The Balaban J connectivity index is 2.71. The Bertz CT molecular complexity index is 903. The second-order valence-corrected chi connectivity index (χ2v) is 9.20. The quantitative estimate of drug-likeness (QED) is 0.362. The molecule has 1 unspecified atom stereocenters. The fourth-order valence-corrected chi connectivity index (χ4v) is 5.33. The second-order valence-electron chi connectivity index (χ2n) is 7.34. The minimum Gasteiger partial charge on any atom is -0.463 e. The van der Waals surface area contributed by atoms with Crippen molar-refractivity contribution < 1.29 is 23.5 Å². The summed E-state index contributed by atoms with van der Waals surface area (Å²) in [6.07, 6.45) is -1.55. The summed E-state index contributed by atoms with van der Waals surface area (Å²) in [6, 6.07) is 16.8. The van der Waals surface area contributed by atoms with Crippen LogP contribution in [0.5, 0.6) is 0 Å². The van der Waals surface area contributed by atoms with Crippen LogP contribution in [0.4, 0.5) is 4.79 Å². The Morgan fingerprint density at radius 2 is 1.55 bits per heavy atom. The van der Waals surface area contributed by atoms with Gasteiger partial charge in [-0.1, -0.05) is 69.3 Å². The van der Waals surface area contributed by atoms with Gasteiger partial charge in [0.1, 0.15) is 5.66 Å². The number of hydrogen-bond acceptors (Lipinski definition) is 4. The third kappa shape index (κ3) is 4.95. The molecule has 0 aliphatic carbocycles. The van der Waals surface area contributed by atoms with Gasteiger partial charge in [0, 0.05) is 13.0 Å². The molecule has 2 N–H and O–H groups in total. The van der Waals surface area contributed by atoms with E-state index in [1.807, 2.05) is 19.9 Å². The number of benzene rings is 2. The van der Waals surface area contributed by atoms with Crippen LogP contribution in [0.25, 0.3) is 0 Å². The van der Waals surface area contributed by atoms with Crippen LogP contribution in [0.1, 0.15) is 32.8 Å². The average Bonchev–Trinajstić information content (AvgIpc) is 2.71. The van der Waals surface area contributed by atoms with Gasteiger partial charge in [-0.3, -0.25) is 5.21 Å². The predicted molar refractivity (Wildman–Crippen MR) is 110 cm³/mol. The monoisotopic (exact) mass is 420 g/mol. The van der Waals surface area contributed by atoms with Crippen LogP contribution in [-0.2, 0) is 16.4 Å². The molecule has 2 aromatic rings. The molecule has 0 saturated heterocycles. The number of carboxylic acid groups (broad SMARTS) is 1. The number of carbonyl (C=O) groups is 1. The summed E-state index contributed by atoms with van der Waals surface area (Å²) in [5, 5.41) is 20.4. The molecular formula is C21H28N2O5S. The van der Waals surface area contributed by atoms with Crippen molar-refractivity contribution in [2.45, 2.75) is 44.2 Å². The number of amides is 1. The first-order chi connectivity index (χ1) is 13.6. The summed E-state index contributed by atoms with van der Waals surface area (Å²) >= 11 is 0. The highest BCUT2D eigenvalue weighted by atomic mass is 32.2. The van der Waals surface area contributed by atoms with Gasteiger partial charge in [0.05, 0.1) is 4.90 Å². The van der Waals surface area contributed by atoms with Gasteiger partial charge in [-0.15, -0.1) is 0 Å². The highest BCUT2D eigenvalue weighted by molar-refractivity contribution is 7.89. The molecule has 0 aliphatic rings. The third-order valence-electron chi connectivity index (χ3n) is 4.80. The summed E-state index contributed by atoms with van der Waals surface area (Å²) in [5.74, 6) is -0.0996. The fourth-order valence-electron chi connectivity index (χ4n) is 3.36. The maximum Gasteiger partial charge on any atom is 0.433 e. The number of rotatable bonds is 9. The molecule has 0 bridgehead atoms. The summed E-state index contributed by atoms with van der Waals surface area (Å²) in [6.45, 7) is 5.41. The van der Waals surface area contributed by atoms with Gasteiger partial charge in [0.25, 0.3) is 0 Å². The van der Waals surface area contributed by atoms with Crippen LogP contribution < -0.4 is 0 Å². The molecule has 29 heavy (non-hydrogen) atoms. The average molecular weight is 421 g/mol. The van der Waals surface area contributed by atoms with Crippen molar-refractivity contribution in [2.24, 2.45) is 5.92 Å². The van der Waals surface area contributed by atoms with Crippen molar-refractivity contribution in [3.8, 4) is 0 Å². The fraction of sp³-hybridized carbons (Fsp3) is 0.381. The smallest absolute Gasteiger partial charge is 0.433 e. The van der Waals surface area contributed by atoms with Crippen molar-refractivity contribution in [3.05, 3.63) is 66.2 Å². The first-order valence-corrected chi connectivity index (χ1v) is 10.9. The van der Waals surface area contributed by atoms with E-state index in [9.17, 15) is 23.5 Å². The van der Waals surface area contributed by atoms with Crippen molar-refractivity contribution in [1.29, 1.82) is 0 Å². The van der Waals surface area contributed by atoms with Crippen LogP contribution in [0.15, 0.2) is 65.6 Å². The standard InChI is InChI=1S/C21H28N2O5S/c1-4-21(23(26)20(24)25,15-18-11-7-5-8-12-18)22(16-17(2)3)29(27,28)19-13-9-6-10-14-19/h5-14,17,26H,4,15-16H2,1-3H3,(H,24,25). The van der Waals surface area contributed by atoms with Crippen LogP contribution in [-0.4, -0.2) is 46.4 Å². The lowest BCUT2D eigenvalue weighted by atomic mass is 9.95. The first-order valence-electron chi connectivity index (χ1n) is 9.49. The Morgan fingerprint density at radius 1 is 1.03 bits per heavy atom. The van der Waals surface area contributed by atoms with E-state index in [0.717, 1.165) is 4.31 Å². The second kappa shape index (κ2) is 9.39. The molecule has 1 amide bonds. The Morgan fingerprint density at radius 3 is 2.00 bits per heavy atom. The zero-order valence-corrected chi connectivity index (χ0v) is 17.7. The van der Waals surface area contributed by atoms with Crippen LogP contribution >= 0.6 is 0 Å². The predicted octanol–water partition coefficient (Wildman–Crippen LogP) is 4.05. The van der Waals surface area contributed by atoms with Gasteiger partial charge < -0.3 is 5.11 Å². The lowest BCUT2D eigenvalue weighted by molar-refractivity contribution is -0.183. The van der Waals surface area contributed by atoms with Gasteiger partial charge in [-0.2, -0.15) is 9.37 Å². The summed E-state index contributed by atoms with van der Waals surface area (Å²) in [4.78, 5) is 11.8. The largest absolute Gasteiger partial charge is 0.463 e. The zero-order chi connectivity index (χ0) is 21.7. The highest BCUT2D eigenvalue weighted by Crippen LogP contribution is 2.34. The van der Waals surface area contributed by atoms with Gasteiger partial charge in [-0.05, 0) is 30.0 Å². The number of hydrogen-bond donors (Lipinski definition) is 2. The molecule has 0 radical (unpaired) electrons. The van der Waals surface area contributed by atoms with E-state index in [-0.39, 0.29) is 35.3 Å². The molecule has 2 aromatic carbocycles. The van der Waals surface area contributed by atoms with Crippen molar-refractivity contribution >= 4 is 16.1 Å². The van der Waals surface area contributed by atoms with Gasteiger partial charge in [-0.25, -0.2) is 13.2 Å². The number of nitrogens with zero attached hydrogens (tertiary/aromatic N) is 2. The lowest BCUT2D eigenvalue weighted by Gasteiger charge is -2.46. The van der Waals surface area contributed by atoms with E-state index in [1.165, 1.54) is 12.1 Å². The van der Waals surface area contributed by atoms with Gasteiger partial charge >= 0.3 is 6.09 Å².